The Hall–Kier alpha value is -5.64. The van der Waals surface area contributed by atoms with Crippen LogP contribution in [-0.2, 0) is 0 Å². The lowest BCUT2D eigenvalue weighted by Crippen LogP contribution is -2.11. The Morgan fingerprint density at radius 2 is 1.07 bits per heavy atom. The van der Waals surface area contributed by atoms with Gasteiger partial charge in [0, 0.05) is 42.2 Å². The summed E-state index contributed by atoms with van der Waals surface area (Å²) in [4.78, 5) is 2.37. The van der Waals surface area contributed by atoms with Gasteiger partial charge < -0.3 is 9.32 Å². The first-order chi connectivity index (χ1) is 22.3. The molecule has 2 aromatic heterocycles. The minimum Gasteiger partial charge on any atom is -0.454 e. The second kappa shape index (κ2) is 10.5. The smallest absolute Gasteiger partial charge is 0.159 e. The van der Waals surface area contributed by atoms with Crippen molar-refractivity contribution >= 4 is 70.5 Å². The van der Waals surface area contributed by atoms with Crippen LogP contribution in [0.25, 0.3) is 64.4 Å². The molecule has 0 spiro atoms. The molecule has 212 valence electrons. The third-order valence-electron chi connectivity index (χ3n) is 8.69. The minimum absolute atomic E-state index is 0.879. The lowest BCUT2D eigenvalue weighted by molar-refractivity contribution is 0.669. The summed E-state index contributed by atoms with van der Waals surface area (Å²) in [6.07, 6.45) is 0. The van der Waals surface area contributed by atoms with Crippen LogP contribution in [0.3, 0.4) is 0 Å². The van der Waals surface area contributed by atoms with E-state index in [4.69, 9.17) is 4.42 Å². The number of nitrogens with zero attached hydrogens (tertiary/aromatic N) is 1. The van der Waals surface area contributed by atoms with E-state index in [1.54, 1.807) is 0 Å². The number of fused-ring (bicyclic) bond motifs is 6. The van der Waals surface area contributed by atoms with E-state index in [1.165, 1.54) is 31.3 Å². The second-order valence-electron chi connectivity index (χ2n) is 11.3. The molecule has 0 amide bonds. The van der Waals surface area contributed by atoms with Crippen LogP contribution in [0.1, 0.15) is 0 Å². The van der Waals surface area contributed by atoms with Gasteiger partial charge in [0.2, 0.25) is 0 Å². The number of benzene rings is 7. The molecular formula is C42H27NOS. The number of anilines is 3. The molecular weight excluding hydrogens is 567 g/mol. The summed E-state index contributed by atoms with van der Waals surface area (Å²) in [6, 6.07) is 58.4. The van der Waals surface area contributed by atoms with E-state index in [0.29, 0.717) is 0 Å². The van der Waals surface area contributed by atoms with Crippen LogP contribution >= 0.6 is 11.3 Å². The van der Waals surface area contributed by atoms with Crippen molar-refractivity contribution in [3.05, 3.63) is 164 Å². The number of hydrogen-bond acceptors (Lipinski definition) is 3. The standard InChI is InChI=1S/C42H27NOS/c1-2-11-28(12-3-1)29-21-23-30(24-22-29)32-13-4-7-17-37(32)43(31-25-26-35-34-15-6-9-20-40(34)45-41(35)27-31)38-18-10-16-36-33-14-5-8-19-39(33)44-42(36)38/h1-27H. The maximum Gasteiger partial charge on any atom is 0.159 e. The third kappa shape index (κ3) is 4.32. The van der Waals surface area contributed by atoms with Crippen molar-refractivity contribution in [2.24, 2.45) is 0 Å². The molecule has 0 fully saturated rings. The lowest BCUT2D eigenvalue weighted by Gasteiger charge is -2.28. The third-order valence-corrected chi connectivity index (χ3v) is 9.83. The second-order valence-corrected chi connectivity index (χ2v) is 12.4. The fourth-order valence-corrected chi connectivity index (χ4v) is 7.69. The van der Waals surface area contributed by atoms with Crippen LogP contribution in [0.5, 0.6) is 0 Å². The summed E-state index contributed by atoms with van der Waals surface area (Å²) >= 11 is 1.84. The SMILES string of the molecule is c1ccc(-c2ccc(-c3ccccc3N(c3ccc4c(c3)sc3ccccc34)c3cccc4c3oc3ccccc34)cc2)cc1. The van der Waals surface area contributed by atoms with E-state index >= 15 is 0 Å². The molecule has 0 radical (unpaired) electrons. The number of thiophene rings is 1. The zero-order valence-corrected chi connectivity index (χ0v) is 25.2. The monoisotopic (exact) mass is 593 g/mol. The molecule has 2 nitrogen and oxygen atoms in total. The van der Waals surface area contributed by atoms with Gasteiger partial charge in [0.25, 0.3) is 0 Å². The highest BCUT2D eigenvalue weighted by atomic mass is 32.1. The van der Waals surface area contributed by atoms with Crippen molar-refractivity contribution in [3.63, 3.8) is 0 Å². The molecule has 2 heterocycles. The molecule has 9 aromatic rings. The van der Waals surface area contributed by atoms with Gasteiger partial charge in [0.15, 0.2) is 5.58 Å². The molecule has 0 N–H and O–H groups in total. The van der Waals surface area contributed by atoms with E-state index in [2.05, 4.69) is 163 Å². The summed E-state index contributed by atoms with van der Waals surface area (Å²) < 4.78 is 9.18. The first-order valence-corrected chi connectivity index (χ1v) is 16.0. The van der Waals surface area contributed by atoms with Crippen molar-refractivity contribution in [2.75, 3.05) is 4.90 Å². The molecule has 0 aliphatic carbocycles. The Morgan fingerprint density at radius 1 is 0.422 bits per heavy atom. The molecule has 3 heteroatoms. The fraction of sp³-hybridized carbons (Fsp3) is 0. The van der Waals surface area contributed by atoms with E-state index < -0.39 is 0 Å². The Kier molecular flexibility index (Phi) is 6.03. The molecule has 0 saturated carbocycles. The van der Waals surface area contributed by atoms with E-state index in [0.717, 1.165) is 50.1 Å². The fourth-order valence-electron chi connectivity index (χ4n) is 6.56. The quantitative estimate of drug-likeness (QED) is 0.197. The number of rotatable bonds is 5. The first-order valence-electron chi connectivity index (χ1n) is 15.2. The Morgan fingerprint density at radius 3 is 1.96 bits per heavy atom. The minimum atomic E-state index is 0.879. The van der Waals surface area contributed by atoms with Crippen molar-refractivity contribution in [1.82, 2.24) is 0 Å². The van der Waals surface area contributed by atoms with Gasteiger partial charge in [-0.3, -0.25) is 0 Å². The zero-order chi connectivity index (χ0) is 29.7. The lowest BCUT2D eigenvalue weighted by atomic mass is 9.98. The van der Waals surface area contributed by atoms with E-state index in [-0.39, 0.29) is 0 Å². The van der Waals surface area contributed by atoms with Crippen LogP contribution < -0.4 is 4.90 Å². The maximum atomic E-state index is 6.61. The summed E-state index contributed by atoms with van der Waals surface area (Å²) in [5.41, 5.74) is 9.71. The van der Waals surface area contributed by atoms with Gasteiger partial charge in [-0.25, -0.2) is 0 Å². The molecule has 0 aliphatic rings. The van der Waals surface area contributed by atoms with E-state index in [9.17, 15) is 0 Å². The van der Waals surface area contributed by atoms with Crippen LogP contribution in [0, 0.1) is 0 Å². The van der Waals surface area contributed by atoms with Crippen LogP contribution in [-0.4, -0.2) is 0 Å². The van der Waals surface area contributed by atoms with E-state index in [1.807, 2.05) is 17.4 Å². The van der Waals surface area contributed by atoms with Crippen molar-refractivity contribution < 1.29 is 4.42 Å². The van der Waals surface area contributed by atoms with Crippen molar-refractivity contribution in [1.29, 1.82) is 0 Å². The Bertz CT molecular complexity index is 2490. The highest BCUT2D eigenvalue weighted by molar-refractivity contribution is 7.25. The normalized spacial score (nSPS) is 11.6. The van der Waals surface area contributed by atoms with Crippen LogP contribution in [0.15, 0.2) is 168 Å². The number of furan rings is 1. The predicted octanol–water partition coefficient (Wildman–Crippen LogP) is 12.8. The van der Waals surface area contributed by atoms with Crippen molar-refractivity contribution in [2.45, 2.75) is 0 Å². The van der Waals surface area contributed by atoms with Gasteiger partial charge in [0.1, 0.15) is 5.58 Å². The summed E-state index contributed by atoms with van der Waals surface area (Å²) in [7, 11) is 0. The topological polar surface area (TPSA) is 16.4 Å². The first kappa shape index (κ1) is 25.8. The van der Waals surface area contributed by atoms with Crippen LogP contribution in [0.4, 0.5) is 17.1 Å². The van der Waals surface area contributed by atoms with Gasteiger partial charge in [-0.15, -0.1) is 11.3 Å². The van der Waals surface area contributed by atoms with Gasteiger partial charge >= 0.3 is 0 Å². The largest absolute Gasteiger partial charge is 0.454 e. The molecule has 45 heavy (non-hydrogen) atoms. The van der Waals surface area contributed by atoms with Gasteiger partial charge in [0.05, 0.1) is 11.4 Å². The molecule has 0 atom stereocenters. The molecule has 0 unspecified atom stereocenters. The van der Waals surface area contributed by atoms with Gasteiger partial charge in [-0.05, 0) is 53.1 Å². The predicted molar refractivity (Wildman–Crippen MR) is 192 cm³/mol. The average Bonchev–Trinajstić information content (AvgIpc) is 3.68. The molecule has 0 saturated heterocycles. The highest BCUT2D eigenvalue weighted by Gasteiger charge is 2.22. The van der Waals surface area contributed by atoms with Gasteiger partial charge in [-0.1, -0.05) is 127 Å². The number of hydrogen-bond donors (Lipinski definition) is 0. The van der Waals surface area contributed by atoms with Gasteiger partial charge in [-0.2, -0.15) is 0 Å². The zero-order valence-electron chi connectivity index (χ0n) is 24.4. The molecule has 0 aliphatic heterocycles. The Labute approximate surface area is 265 Å². The maximum absolute atomic E-state index is 6.61. The number of para-hydroxylation sites is 3. The molecule has 0 bridgehead atoms. The van der Waals surface area contributed by atoms with Crippen LogP contribution in [0.2, 0.25) is 0 Å². The summed E-state index contributed by atoms with van der Waals surface area (Å²) in [5, 5.41) is 4.82. The highest BCUT2D eigenvalue weighted by Crippen LogP contribution is 2.47. The van der Waals surface area contributed by atoms with Crippen molar-refractivity contribution in [3.8, 4) is 22.3 Å². The average molecular weight is 594 g/mol. The Balaban J connectivity index is 1.27. The molecule has 7 aromatic carbocycles. The summed E-state index contributed by atoms with van der Waals surface area (Å²) in [5.74, 6) is 0. The summed E-state index contributed by atoms with van der Waals surface area (Å²) in [6.45, 7) is 0. The molecule has 9 rings (SSSR count).